The van der Waals surface area contributed by atoms with Gasteiger partial charge in [0, 0.05) is 12.2 Å². The minimum atomic E-state index is -0.389. The molecule has 25 heavy (non-hydrogen) atoms. The van der Waals surface area contributed by atoms with Gasteiger partial charge in [-0.2, -0.15) is 0 Å². The molecule has 0 atom stereocenters. The number of para-hydroxylation sites is 1. The molecule has 0 aliphatic rings. The fourth-order valence-electron chi connectivity index (χ4n) is 2.42. The Labute approximate surface area is 150 Å². The van der Waals surface area contributed by atoms with Gasteiger partial charge in [-0.1, -0.05) is 12.1 Å². The van der Waals surface area contributed by atoms with E-state index < -0.39 is 0 Å². The Balaban J connectivity index is 1.69. The van der Waals surface area contributed by atoms with Gasteiger partial charge < -0.3 is 14.2 Å². The zero-order chi connectivity index (χ0) is 17.6. The summed E-state index contributed by atoms with van der Waals surface area (Å²) in [6.07, 6.45) is 0. The van der Waals surface area contributed by atoms with Crippen LogP contribution in [0.25, 0.3) is 10.2 Å². The number of rotatable bonds is 7. The van der Waals surface area contributed by atoms with Crippen LogP contribution in [-0.4, -0.2) is 24.7 Å². The lowest BCUT2D eigenvalue weighted by molar-refractivity contribution is 0.0472. The number of aromatic nitrogens is 1. The van der Waals surface area contributed by atoms with Gasteiger partial charge in [-0.25, -0.2) is 9.78 Å². The number of methoxy groups -OCH3 is 1. The van der Waals surface area contributed by atoms with Gasteiger partial charge in [0.05, 0.1) is 29.5 Å². The second-order valence-electron chi connectivity index (χ2n) is 5.32. The molecule has 6 heteroatoms. The molecule has 5 nitrogen and oxygen atoms in total. The maximum absolute atomic E-state index is 12.3. The Bertz CT molecular complexity index is 842. The third-order valence-electron chi connectivity index (χ3n) is 3.64. The molecule has 1 heterocycles. The maximum atomic E-state index is 12.3. The summed E-state index contributed by atoms with van der Waals surface area (Å²) in [6, 6.07) is 13.0. The number of benzene rings is 2. The molecule has 0 N–H and O–H groups in total. The van der Waals surface area contributed by atoms with Crippen LogP contribution in [0.5, 0.6) is 5.75 Å². The number of nitrogens with zero attached hydrogens (tertiary/aromatic N) is 1. The highest BCUT2D eigenvalue weighted by Gasteiger charge is 2.13. The molecule has 0 saturated carbocycles. The van der Waals surface area contributed by atoms with Gasteiger partial charge in [0.1, 0.15) is 17.4 Å². The summed E-state index contributed by atoms with van der Waals surface area (Å²) >= 11 is 1.53. The lowest BCUT2D eigenvalue weighted by Gasteiger charge is -2.10. The first-order valence-electron chi connectivity index (χ1n) is 7.97. The highest BCUT2D eigenvalue weighted by Crippen LogP contribution is 2.24. The third kappa shape index (κ3) is 4.15. The molecule has 0 spiro atoms. The minimum absolute atomic E-state index is 0.158. The first kappa shape index (κ1) is 17.4. The van der Waals surface area contributed by atoms with E-state index in [1.165, 1.54) is 11.3 Å². The van der Waals surface area contributed by atoms with E-state index >= 15 is 0 Å². The van der Waals surface area contributed by atoms with Crippen molar-refractivity contribution < 1.29 is 19.0 Å². The largest absolute Gasteiger partial charge is 0.496 e. The van der Waals surface area contributed by atoms with Crippen LogP contribution in [0.3, 0.4) is 0 Å². The number of esters is 1. The zero-order valence-electron chi connectivity index (χ0n) is 14.2. The van der Waals surface area contributed by atoms with Crippen LogP contribution in [0.4, 0.5) is 0 Å². The number of thiazole rings is 1. The third-order valence-corrected chi connectivity index (χ3v) is 4.65. The van der Waals surface area contributed by atoms with Crippen LogP contribution in [0, 0.1) is 0 Å². The van der Waals surface area contributed by atoms with Crippen LogP contribution in [0.15, 0.2) is 42.5 Å². The van der Waals surface area contributed by atoms with E-state index in [1.807, 2.05) is 31.2 Å². The summed E-state index contributed by atoms with van der Waals surface area (Å²) in [6.45, 7) is 3.06. The van der Waals surface area contributed by atoms with Gasteiger partial charge in [-0.3, -0.25) is 0 Å². The maximum Gasteiger partial charge on any atom is 0.338 e. The Morgan fingerprint density at radius 1 is 1.16 bits per heavy atom. The van der Waals surface area contributed by atoms with Crippen molar-refractivity contribution in [1.82, 2.24) is 4.98 Å². The van der Waals surface area contributed by atoms with Gasteiger partial charge in [0.2, 0.25) is 0 Å². The van der Waals surface area contributed by atoms with Crippen molar-refractivity contribution in [2.24, 2.45) is 0 Å². The summed E-state index contributed by atoms with van der Waals surface area (Å²) in [5, 5.41) is 0.776. The first-order chi connectivity index (χ1) is 12.2. The van der Waals surface area contributed by atoms with Crippen LogP contribution < -0.4 is 4.74 Å². The molecule has 130 valence electrons. The first-order valence-corrected chi connectivity index (χ1v) is 8.79. The summed E-state index contributed by atoms with van der Waals surface area (Å²) in [5.41, 5.74) is 2.21. The van der Waals surface area contributed by atoms with E-state index in [0.717, 1.165) is 20.8 Å². The molecule has 0 saturated heterocycles. The average Bonchev–Trinajstić information content (AvgIpc) is 3.07. The Hall–Kier alpha value is -2.44. The highest BCUT2D eigenvalue weighted by atomic mass is 32.1. The van der Waals surface area contributed by atoms with E-state index in [4.69, 9.17) is 14.2 Å². The van der Waals surface area contributed by atoms with Gasteiger partial charge in [-0.15, -0.1) is 11.3 Å². The van der Waals surface area contributed by atoms with Crippen molar-refractivity contribution in [2.45, 2.75) is 20.1 Å². The Kier molecular flexibility index (Phi) is 5.63. The summed E-state index contributed by atoms with van der Waals surface area (Å²) in [5.74, 6) is 0.302. The molecule has 0 aliphatic carbocycles. The Morgan fingerprint density at radius 3 is 2.76 bits per heavy atom. The molecule has 3 rings (SSSR count). The lowest BCUT2D eigenvalue weighted by Crippen LogP contribution is -2.07. The average molecular weight is 357 g/mol. The van der Waals surface area contributed by atoms with Gasteiger partial charge in [0.15, 0.2) is 0 Å². The Morgan fingerprint density at radius 2 is 2.00 bits per heavy atom. The number of carbonyl (C=O) groups is 1. The summed E-state index contributed by atoms with van der Waals surface area (Å²) in [4.78, 5) is 16.8. The van der Waals surface area contributed by atoms with Crippen molar-refractivity contribution in [3.63, 3.8) is 0 Å². The van der Waals surface area contributed by atoms with E-state index in [1.54, 1.807) is 25.3 Å². The predicted molar refractivity (Wildman–Crippen MR) is 97.1 cm³/mol. The molecule has 0 aliphatic heterocycles. The second kappa shape index (κ2) is 8.09. The van der Waals surface area contributed by atoms with E-state index in [0.29, 0.717) is 24.5 Å². The molecule has 0 bridgehead atoms. The molecule has 0 radical (unpaired) electrons. The van der Waals surface area contributed by atoms with Crippen LogP contribution in [0.1, 0.15) is 27.9 Å². The number of hydrogen-bond acceptors (Lipinski definition) is 6. The van der Waals surface area contributed by atoms with Crippen LogP contribution in [0.2, 0.25) is 0 Å². The van der Waals surface area contributed by atoms with E-state index in [2.05, 4.69) is 4.98 Å². The number of ether oxygens (including phenoxy) is 3. The van der Waals surface area contributed by atoms with Crippen molar-refractivity contribution in [3.05, 3.63) is 58.6 Å². The standard InChI is InChI=1S/C19H19NO4S/c1-3-23-11-14-10-13(8-9-16(14)22-2)19(21)24-12-18-20-15-6-4-5-7-17(15)25-18/h4-10H,3,11-12H2,1-2H3. The number of carbonyl (C=O) groups excluding carboxylic acids is 1. The quantitative estimate of drug-likeness (QED) is 0.593. The molecule has 0 unspecified atom stereocenters. The van der Waals surface area contributed by atoms with Gasteiger partial charge in [0.25, 0.3) is 0 Å². The molecule has 0 fully saturated rings. The van der Waals surface area contributed by atoms with Gasteiger partial charge >= 0.3 is 5.97 Å². The molecule has 0 amide bonds. The zero-order valence-corrected chi connectivity index (χ0v) is 15.0. The number of hydrogen-bond donors (Lipinski definition) is 0. The second-order valence-corrected chi connectivity index (χ2v) is 6.43. The van der Waals surface area contributed by atoms with Crippen molar-refractivity contribution in [3.8, 4) is 5.75 Å². The van der Waals surface area contributed by atoms with Crippen molar-refractivity contribution in [2.75, 3.05) is 13.7 Å². The van der Waals surface area contributed by atoms with Crippen molar-refractivity contribution in [1.29, 1.82) is 0 Å². The minimum Gasteiger partial charge on any atom is -0.496 e. The highest BCUT2D eigenvalue weighted by molar-refractivity contribution is 7.18. The summed E-state index contributed by atoms with van der Waals surface area (Å²) < 4.78 is 17.2. The SMILES string of the molecule is CCOCc1cc(C(=O)OCc2nc3ccccc3s2)ccc1OC. The predicted octanol–water partition coefficient (Wildman–Crippen LogP) is 4.20. The lowest BCUT2D eigenvalue weighted by atomic mass is 10.1. The summed E-state index contributed by atoms with van der Waals surface area (Å²) in [7, 11) is 1.59. The normalized spacial score (nSPS) is 10.8. The fraction of sp³-hybridized carbons (Fsp3) is 0.263. The fourth-order valence-corrected chi connectivity index (χ4v) is 3.30. The smallest absolute Gasteiger partial charge is 0.338 e. The molecular formula is C19H19NO4S. The topological polar surface area (TPSA) is 57.7 Å². The van der Waals surface area contributed by atoms with E-state index in [9.17, 15) is 4.79 Å². The van der Waals surface area contributed by atoms with Crippen LogP contribution in [-0.2, 0) is 22.7 Å². The molecule has 2 aromatic carbocycles. The monoisotopic (exact) mass is 357 g/mol. The van der Waals surface area contributed by atoms with Gasteiger partial charge in [-0.05, 0) is 37.3 Å². The molecule has 1 aromatic heterocycles. The molecule has 3 aromatic rings. The van der Waals surface area contributed by atoms with E-state index in [-0.39, 0.29) is 12.6 Å². The molecular weight excluding hydrogens is 338 g/mol. The van der Waals surface area contributed by atoms with Crippen LogP contribution >= 0.6 is 11.3 Å². The van der Waals surface area contributed by atoms with Crippen molar-refractivity contribution >= 4 is 27.5 Å². The number of fused-ring (bicyclic) bond motifs is 1.